The number of alkyl halides is 3. The summed E-state index contributed by atoms with van der Waals surface area (Å²) in [6.07, 6.45) is -1.04. The van der Waals surface area contributed by atoms with Crippen LogP contribution in [-0.4, -0.2) is 32.5 Å². The lowest BCUT2D eigenvalue weighted by atomic mass is 10.0. The second-order valence-electron chi connectivity index (χ2n) is 5.00. The zero-order valence-corrected chi connectivity index (χ0v) is 12.8. The molecule has 6 heteroatoms. The average molecular weight is 316 g/mol. The fourth-order valence-corrected chi connectivity index (χ4v) is 2.01. The molecule has 0 aliphatic carbocycles. The molecule has 0 bridgehead atoms. The van der Waals surface area contributed by atoms with Gasteiger partial charge in [-0.05, 0) is 49.9 Å². The number of halogens is 3. The van der Waals surface area contributed by atoms with Crippen molar-refractivity contribution in [2.24, 2.45) is 10.7 Å². The van der Waals surface area contributed by atoms with E-state index in [2.05, 4.69) is 4.99 Å². The number of benzene rings is 1. The van der Waals surface area contributed by atoms with Gasteiger partial charge in [-0.15, -0.1) is 0 Å². The van der Waals surface area contributed by atoms with E-state index in [1.165, 1.54) is 12.1 Å². The summed E-state index contributed by atoms with van der Waals surface area (Å²) in [5, 5.41) is 0. The lowest BCUT2D eigenvalue weighted by Gasteiger charge is -2.10. The van der Waals surface area contributed by atoms with Gasteiger partial charge < -0.3 is 10.5 Å². The van der Waals surface area contributed by atoms with E-state index in [0.717, 1.165) is 49.1 Å². The van der Waals surface area contributed by atoms with E-state index in [4.69, 9.17) is 10.5 Å². The van der Waals surface area contributed by atoms with Crippen LogP contribution in [0, 0.1) is 0 Å². The average Bonchev–Trinajstić information content (AvgIpc) is 2.49. The van der Waals surface area contributed by atoms with Gasteiger partial charge in [0, 0.05) is 26.0 Å². The molecule has 22 heavy (non-hydrogen) atoms. The van der Waals surface area contributed by atoms with Crippen LogP contribution in [0.3, 0.4) is 0 Å². The van der Waals surface area contributed by atoms with E-state index >= 15 is 0 Å². The molecular weight excluding hydrogens is 293 g/mol. The minimum Gasteiger partial charge on any atom is -0.385 e. The molecule has 1 aromatic rings. The summed E-state index contributed by atoms with van der Waals surface area (Å²) < 4.78 is 42.8. The van der Waals surface area contributed by atoms with Crippen molar-refractivity contribution in [2.45, 2.75) is 31.9 Å². The molecule has 1 rings (SSSR count). The third-order valence-electron chi connectivity index (χ3n) is 3.22. The molecule has 124 valence electrons. The predicted octanol–water partition coefficient (Wildman–Crippen LogP) is 3.66. The standard InChI is InChI=1S/C16H23F3N2O/c1-22-12-3-2-5-15(21-11-4-10-20)13-6-8-14(9-7-13)16(17,18)19/h6-9H,2-5,10-12,20H2,1H3/b21-15-. The van der Waals surface area contributed by atoms with Crippen molar-refractivity contribution in [1.82, 2.24) is 0 Å². The second-order valence-corrected chi connectivity index (χ2v) is 5.00. The van der Waals surface area contributed by atoms with E-state index < -0.39 is 11.7 Å². The van der Waals surface area contributed by atoms with Crippen LogP contribution in [-0.2, 0) is 10.9 Å². The maximum Gasteiger partial charge on any atom is 0.416 e. The minimum absolute atomic E-state index is 0.549. The number of rotatable bonds is 9. The molecule has 0 spiro atoms. The topological polar surface area (TPSA) is 47.6 Å². The van der Waals surface area contributed by atoms with Crippen molar-refractivity contribution < 1.29 is 17.9 Å². The number of nitrogens with zero attached hydrogens (tertiary/aromatic N) is 1. The van der Waals surface area contributed by atoms with E-state index in [1.807, 2.05) is 0 Å². The molecule has 0 heterocycles. The first-order chi connectivity index (χ1) is 10.5. The Morgan fingerprint density at radius 1 is 1.14 bits per heavy atom. The number of aliphatic imine (C=N–C) groups is 1. The van der Waals surface area contributed by atoms with Crippen LogP contribution in [0.4, 0.5) is 13.2 Å². The summed E-state index contributed by atoms with van der Waals surface area (Å²) in [5.74, 6) is 0. The summed E-state index contributed by atoms with van der Waals surface area (Å²) in [4.78, 5) is 4.49. The number of nitrogens with two attached hydrogens (primary N) is 1. The summed E-state index contributed by atoms with van der Waals surface area (Å²) in [5.41, 5.74) is 6.38. The molecule has 0 atom stereocenters. The molecule has 0 fully saturated rings. The van der Waals surface area contributed by atoms with Crippen molar-refractivity contribution in [3.63, 3.8) is 0 Å². The highest BCUT2D eigenvalue weighted by atomic mass is 19.4. The Balaban J connectivity index is 2.78. The first-order valence-corrected chi connectivity index (χ1v) is 7.39. The van der Waals surface area contributed by atoms with Crippen LogP contribution in [0.25, 0.3) is 0 Å². The van der Waals surface area contributed by atoms with Crippen molar-refractivity contribution in [3.8, 4) is 0 Å². The lowest BCUT2D eigenvalue weighted by molar-refractivity contribution is -0.137. The van der Waals surface area contributed by atoms with Crippen molar-refractivity contribution >= 4 is 5.71 Å². The Kier molecular flexibility index (Phi) is 8.12. The molecule has 0 saturated heterocycles. The smallest absolute Gasteiger partial charge is 0.385 e. The van der Waals surface area contributed by atoms with Gasteiger partial charge in [-0.3, -0.25) is 4.99 Å². The summed E-state index contributed by atoms with van der Waals surface area (Å²) >= 11 is 0. The van der Waals surface area contributed by atoms with Gasteiger partial charge >= 0.3 is 6.18 Å². The van der Waals surface area contributed by atoms with Gasteiger partial charge in [0.2, 0.25) is 0 Å². The van der Waals surface area contributed by atoms with Gasteiger partial charge in [0.05, 0.1) is 5.56 Å². The van der Waals surface area contributed by atoms with E-state index in [9.17, 15) is 13.2 Å². The third kappa shape index (κ3) is 6.58. The number of hydrogen-bond acceptors (Lipinski definition) is 3. The van der Waals surface area contributed by atoms with Crippen LogP contribution in [0.15, 0.2) is 29.3 Å². The first-order valence-electron chi connectivity index (χ1n) is 7.39. The van der Waals surface area contributed by atoms with Gasteiger partial charge in [0.1, 0.15) is 0 Å². The van der Waals surface area contributed by atoms with Crippen LogP contribution in [0.5, 0.6) is 0 Å². The monoisotopic (exact) mass is 316 g/mol. The van der Waals surface area contributed by atoms with Crippen molar-refractivity contribution in [1.29, 1.82) is 0 Å². The van der Waals surface area contributed by atoms with Gasteiger partial charge in [-0.1, -0.05) is 12.1 Å². The minimum atomic E-state index is -4.31. The SMILES string of the molecule is COCCCC/C(=N/CCCN)c1ccc(C(F)(F)F)cc1. The third-order valence-corrected chi connectivity index (χ3v) is 3.22. The zero-order valence-electron chi connectivity index (χ0n) is 12.8. The van der Waals surface area contributed by atoms with Crippen molar-refractivity contribution in [2.75, 3.05) is 26.8 Å². The van der Waals surface area contributed by atoms with E-state index in [1.54, 1.807) is 7.11 Å². The van der Waals surface area contributed by atoms with Crippen LogP contribution in [0.2, 0.25) is 0 Å². The second kappa shape index (κ2) is 9.58. The molecule has 0 radical (unpaired) electrons. The number of unbranched alkanes of at least 4 members (excludes halogenated alkanes) is 1. The molecule has 0 unspecified atom stereocenters. The highest BCUT2D eigenvalue weighted by Gasteiger charge is 2.30. The summed E-state index contributed by atoms with van der Waals surface area (Å²) in [6, 6.07) is 5.17. The molecule has 0 aliphatic rings. The molecule has 2 N–H and O–H groups in total. The van der Waals surface area contributed by atoms with Gasteiger partial charge in [0.15, 0.2) is 0 Å². The Hall–Kier alpha value is -1.40. The predicted molar refractivity (Wildman–Crippen MR) is 82.2 cm³/mol. The Labute approximate surface area is 129 Å². The van der Waals surface area contributed by atoms with E-state index in [0.29, 0.717) is 19.7 Å². The van der Waals surface area contributed by atoms with Crippen LogP contribution >= 0.6 is 0 Å². The molecule has 0 saturated carbocycles. The molecule has 0 amide bonds. The first kappa shape index (κ1) is 18.6. The fraction of sp³-hybridized carbons (Fsp3) is 0.562. The lowest BCUT2D eigenvalue weighted by Crippen LogP contribution is -2.08. The van der Waals surface area contributed by atoms with Gasteiger partial charge in [0.25, 0.3) is 0 Å². The highest BCUT2D eigenvalue weighted by molar-refractivity contribution is 6.00. The molecular formula is C16H23F3N2O. The number of ether oxygens (including phenoxy) is 1. The normalized spacial score (nSPS) is 12.7. The number of methoxy groups -OCH3 is 1. The summed E-state index contributed by atoms with van der Waals surface area (Å²) in [7, 11) is 1.64. The maximum atomic E-state index is 12.6. The van der Waals surface area contributed by atoms with Crippen molar-refractivity contribution in [3.05, 3.63) is 35.4 Å². The summed E-state index contributed by atoms with van der Waals surface area (Å²) in [6.45, 7) is 1.81. The largest absolute Gasteiger partial charge is 0.416 e. The Morgan fingerprint density at radius 2 is 1.82 bits per heavy atom. The number of hydrogen-bond donors (Lipinski definition) is 1. The molecule has 3 nitrogen and oxygen atoms in total. The quantitative estimate of drug-likeness (QED) is 0.558. The van der Waals surface area contributed by atoms with E-state index in [-0.39, 0.29) is 0 Å². The van der Waals surface area contributed by atoms with Gasteiger partial charge in [-0.2, -0.15) is 13.2 Å². The fourth-order valence-electron chi connectivity index (χ4n) is 2.01. The molecule has 0 aromatic heterocycles. The Morgan fingerprint density at radius 3 is 2.36 bits per heavy atom. The zero-order chi connectivity index (χ0) is 16.4. The van der Waals surface area contributed by atoms with Crippen LogP contribution < -0.4 is 5.73 Å². The Bertz CT molecular complexity index is 455. The molecule has 0 aliphatic heterocycles. The highest BCUT2D eigenvalue weighted by Crippen LogP contribution is 2.29. The van der Waals surface area contributed by atoms with Gasteiger partial charge in [-0.25, -0.2) is 0 Å². The molecule has 1 aromatic carbocycles. The maximum absolute atomic E-state index is 12.6. The van der Waals surface area contributed by atoms with Crippen LogP contribution in [0.1, 0.15) is 36.8 Å².